The molecule has 0 aliphatic rings. The number of rotatable bonds is 12. The van der Waals surface area contributed by atoms with Gasteiger partial charge in [0.2, 0.25) is 0 Å². The van der Waals surface area contributed by atoms with Gasteiger partial charge in [0.1, 0.15) is 5.75 Å². The fraction of sp³-hybridized carbons (Fsp3) is 0.423. The Morgan fingerprint density at radius 2 is 1.61 bits per heavy atom. The summed E-state index contributed by atoms with van der Waals surface area (Å²) in [6.07, 6.45) is 5.11. The predicted molar refractivity (Wildman–Crippen MR) is 138 cm³/mol. The van der Waals surface area contributed by atoms with Crippen LogP contribution in [0.2, 0.25) is 0 Å². The Morgan fingerprint density at radius 1 is 0.909 bits per heavy atom. The van der Waals surface area contributed by atoms with Crippen molar-refractivity contribution in [3.63, 3.8) is 0 Å². The Balaban J connectivity index is 1.93. The molecular formula is C26H35N3O3S. The second kappa shape index (κ2) is 14.3. The first-order valence-corrected chi connectivity index (χ1v) is 12.1. The highest BCUT2D eigenvalue weighted by atomic mass is 32.1. The highest BCUT2D eigenvalue weighted by molar-refractivity contribution is 7.80. The van der Waals surface area contributed by atoms with Crippen LogP contribution in [-0.4, -0.2) is 41.5 Å². The smallest absolute Gasteiger partial charge is 0.257 e. The van der Waals surface area contributed by atoms with E-state index in [1.54, 1.807) is 42.5 Å². The molecule has 2 rings (SSSR count). The number of hydrogen-bond donors (Lipinski definition) is 2. The number of thiocarbonyl (C=S) groups is 1. The van der Waals surface area contributed by atoms with E-state index in [4.69, 9.17) is 17.0 Å². The molecule has 0 atom stereocenters. The van der Waals surface area contributed by atoms with E-state index in [1.807, 2.05) is 11.0 Å². The Labute approximate surface area is 202 Å². The average molecular weight is 470 g/mol. The number of anilines is 1. The molecule has 0 bridgehead atoms. The first-order chi connectivity index (χ1) is 16.0. The van der Waals surface area contributed by atoms with Crippen molar-refractivity contribution in [1.29, 1.82) is 0 Å². The van der Waals surface area contributed by atoms with Crippen LogP contribution >= 0.6 is 12.2 Å². The van der Waals surface area contributed by atoms with Gasteiger partial charge in [-0.25, -0.2) is 0 Å². The van der Waals surface area contributed by atoms with Crippen LogP contribution in [0.5, 0.6) is 5.75 Å². The highest BCUT2D eigenvalue weighted by Gasteiger charge is 2.15. The minimum atomic E-state index is -0.311. The zero-order valence-electron chi connectivity index (χ0n) is 19.9. The second-order valence-electron chi connectivity index (χ2n) is 7.86. The third kappa shape index (κ3) is 8.85. The van der Waals surface area contributed by atoms with Crippen LogP contribution in [0.25, 0.3) is 0 Å². The minimum Gasteiger partial charge on any atom is -0.494 e. The second-order valence-corrected chi connectivity index (χ2v) is 8.27. The number of benzene rings is 2. The van der Waals surface area contributed by atoms with Crippen molar-refractivity contribution in [2.24, 2.45) is 0 Å². The van der Waals surface area contributed by atoms with Gasteiger partial charge in [-0.05, 0) is 73.9 Å². The molecule has 0 saturated heterocycles. The first-order valence-electron chi connectivity index (χ1n) is 11.7. The van der Waals surface area contributed by atoms with E-state index in [9.17, 15) is 9.59 Å². The van der Waals surface area contributed by atoms with Gasteiger partial charge >= 0.3 is 0 Å². The van der Waals surface area contributed by atoms with E-state index >= 15 is 0 Å². The van der Waals surface area contributed by atoms with Crippen LogP contribution in [0, 0.1) is 0 Å². The third-order valence-corrected chi connectivity index (χ3v) is 5.21. The molecule has 6 nitrogen and oxygen atoms in total. The van der Waals surface area contributed by atoms with Gasteiger partial charge in [0.25, 0.3) is 11.8 Å². The zero-order valence-corrected chi connectivity index (χ0v) is 20.7. The molecule has 0 aromatic heterocycles. The average Bonchev–Trinajstić information content (AvgIpc) is 2.81. The van der Waals surface area contributed by atoms with Gasteiger partial charge in [-0.1, -0.05) is 39.7 Å². The van der Waals surface area contributed by atoms with Crippen LogP contribution < -0.4 is 15.4 Å². The maximum Gasteiger partial charge on any atom is 0.257 e. The van der Waals surface area contributed by atoms with Crippen LogP contribution in [0.15, 0.2) is 48.5 Å². The standard InChI is InChI=1S/C26H35N3O3S/c1-4-7-8-18-32-23-14-12-20(13-15-23)24(30)28-26(33)27-22-11-9-10-21(19-22)25(31)29(16-5-2)17-6-3/h9-15,19H,4-8,16-18H2,1-3H3,(H2,27,28,30,33). The SMILES string of the molecule is CCCCCOc1ccc(C(=O)NC(=S)Nc2cccc(C(=O)N(CCC)CCC)c2)cc1. The van der Waals surface area contributed by atoms with Crippen LogP contribution in [0.1, 0.15) is 73.6 Å². The number of nitrogens with zero attached hydrogens (tertiary/aromatic N) is 1. The fourth-order valence-electron chi connectivity index (χ4n) is 3.35. The van der Waals surface area contributed by atoms with Gasteiger partial charge < -0.3 is 15.0 Å². The molecule has 7 heteroatoms. The summed E-state index contributed by atoms with van der Waals surface area (Å²) in [6.45, 7) is 8.39. The monoisotopic (exact) mass is 469 g/mol. The molecule has 0 saturated carbocycles. The van der Waals surface area contributed by atoms with E-state index in [2.05, 4.69) is 31.4 Å². The van der Waals surface area contributed by atoms with Crippen LogP contribution in [-0.2, 0) is 0 Å². The van der Waals surface area contributed by atoms with Gasteiger partial charge in [0.15, 0.2) is 5.11 Å². The molecule has 0 fully saturated rings. The lowest BCUT2D eigenvalue weighted by atomic mass is 10.1. The molecule has 2 aromatic rings. The summed E-state index contributed by atoms with van der Waals surface area (Å²) in [7, 11) is 0. The Bertz CT molecular complexity index is 909. The number of unbranched alkanes of at least 4 members (excludes halogenated alkanes) is 2. The predicted octanol–water partition coefficient (Wildman–Crippen LogP) is 5.64. The molecule has 0 spiro atoms. The van der Waals surface area contributed by atoms with E-state index < -0.39 is 0 Å². The fourth-order valence-corrected chi connectivity index (χ4v) is 3.56. The largest absolute Gasteiger partial charge is 0.494 e. The van der Waals surface area contributed by atoms with Crippen LogP contribution in [0.3, 0.4) is 0 Å². The van der Waals surface area contributed by atoms with E-state index in [-0.39, 0.29) is 16.9 Å². The molecule has 2 aromatic carbocycles. The normalized spacial score (nSPS) is 10.4. The molecule has 0 unspecified atom stereocenters. The zero-order chi connectivity index (χ0) is 24.1. The lowest BCUT2D eigenvalue weighted by molar-refractivity contribution is 0.0755. The van der Waals surface area contributed by atoms with Crippen molar-refractivity contribution in [2.45, 2.75) is 52.9 Å². The molecule has 2 amide bonds. The molecule has 0 aliphatic carbocycles. The Morgan fingerprint density at radius 3 is 2.24 bits per heavy atom. The quantitative estimate of drug-likeness (QED) is 0.311. The summed E-state index contributed by atoms with van der Waals surface area (Å²) < 4.78 is 5.68. The van der Waals surface area contributed by atoms with Crippen molar-refractivity contribution < 1.29 is 14.3 Å². The lowest BCUT2D eigenvalue weighted by Gasteiger charge is -2.21. The molecule has 0 radical (unpaired) electrons. The number of carbonyl (C=O) groups excluding carboxylic acids is 2. The topological polar surface area (TPSA) is 70.7 Å². The molecular weight excluding hydrogens is 434 g/mol. The summed E-state index contributed by atoms with van der Waals surface area (Å²) in [4.78, 5) is 27.2. The summed E-state index contributed by atoms with van der Waals surface area (Å²) >= 11 is 5.30. The number of amides is 2. The molecule has 33 heavy (non-hydrogen) atoms. The van der Waals surface area contributed by atoms with E-state index in [0.717, 1.165) is 50.9 Å². The minimum absolute atomic E-state index is 0.00527. The van der Waals surface area contributed by atoms with Crippen LogP contribution in [0.4, 0.5) is 5.69 Å². The Kier molecular flexibility index (Phi) is 11.4. The number of carbonyl (C=O) groups is 2. The Hall–Kier alpha value is -2.93. The molecule has 178 valence electrons. The maximum absolute atomic E-state index is 12.8. The van der Waals surface area contributed by atoms with Gasteiger partial charge in [-0.15, -0.1) is 0 Å². The van der Waals surface area contributed by atoms with Gasteiger partial charge in [-0.3, -0.25) is 14.9 Å². The molecule has 0 aliphatic heterocycles. The van der Waals surface area contributed by atoms with Crippen molar-refractivity contribution in [2.75, 3.05) is 25.0 Å². The van der Waals surface area contributed by atoms with E-state index in [0.29, 0.717) is 23.4 Å². The first kappa shape index (κ1) is 26.3. The number of nitrogens with one attached hydrogen (secondary N) is 2. The van der Waals surface area contributed by atoms with Crippen molar-refractivity contribution in [1.82, 2.24) is 10.2 Å². The lowest BCUT2D eigenvalue weighted by Crippen LogP contribution is -2.34. The van der Waals surface area contributed by atoms with Crippen molar-refractivity contribution >= 4 is 34.8 Å². The van der Waals surface area contributed by atoms with Gasteiger partial charge in [0, 0.05) is 29.9 Å². The summed E-state index contributed by atoms with van der Waals surface area (Å²) in [5.74, 6) is 0.425. The summed E-state index contributed by atoms with van der Waals surface area (Å²) in [6, 6.07) is 14.1. The number of hydrogen-bond acceptors (Lipinski definition) is 4. The molecule has 0 heterocycles. The van der Waals surface area contributed by atoms with Crippen molar-refractivity contribution in [3.05, 3.63) is 59.7 Å². The summed E-state index contributed by atoms with van der Waals surface area (Å²) in [5.41, 5.74) is 1.72. The molecule has 2 N–H and O–H groups in total. The maximum atomic E-state index is 12.8. The van der Waals surface area contributed by atoms with Gasteiger partial charge in [-0.2, -0.15) is 0 Å². The number of ether oxygens (including phenoxy) is 1. The van der Waals surface area contributed by atoms with Gasteiger partial charge in [0.05, 0.1) is 6.61 Å². The van der Waals surface area contributed by atoms with E-state index in [1.165, 1.54) is 0 Å². The highest BCUT2D eigenvalue weighted by Crippen LogP contribution is 2.15. The van der Waals surface area contributed by atoms with Crippen molar-refractivity contribution in [3.8, 4) is 5.75 Å². The summed E-state index contributed by atoms with van der Waals surface area (Å²) in [5, 5.41) is 5.85. The third-order valence-electron chi connectivity index (χ3n) is 5.00.